The molecule has 0 aliphatic carbocycles. The number of alkyl halides is 4. The molecule has 0 N–H and O–H groups in total. The Bertz CT molecular complexity index is 59.6. The molecule has 0 aromatic rings. The fourth-order valence-corrected chi connectivity index (χ4v) is 0.204. The van der Waals surface area contributed by atoms with Gasteiger partial charge in [-0.15, -0.1) is 0 Å². The summed E-state index contributed by atoms with van der Waals surface area (Å²) in [7, 11) is 0. The average molecular weight is 176 g/mol. The maximum Gasteiger partial charge on any atom is 0.298 e. The molecule has 0 aromatic carbocycles. The van der Waals surface area contributed by atoms with Gasteiger partial charge in [-0.2, -0.15) is 0 Å². The quantitative estimate of drug-likeness (QED) is 0.600. The van der Waals surface area contributed by atoms with Crippen molar-refractivity contribution < 1.29 is 22.3 Å². The second kappa shape index (κ2) is 9.68. The van der Waals surface area contributed by atoms with Gasteiger partial charge in [0.25, 0.3) is 12.9 Å². The van der Waals surface area contributed by atoms with Crippen LogP contribution in [0.2, 0.25) is 0 Å². The lowest BCUT2D eigenvalue weighted by Crippen LogP contribution is -2.02. The minimum absolute atomic E-state index is 0.844. The summed E-state index contributed by atoms with van der Waals surface area (Å²) in [5.74, 6) is 0. The Morgan fingerprint density at radius 2 is 1.18 bits per heavy atom. The molecule has 0 fully saturated rings. The Morgan fingerprint density at radius 1 is 0.909 bits per heavy atom. The molecular weight excluding hydrogens is 164 g/mol. The van der Waals surface area contributed by atoms with Gasteiger partial charge in [0.1, 0.15) is 0 Å². The third kappa shape index (κ3) is 17.7. The minimum atomic E-state index is -3.48. The minimum Gasteiger partial charge on any atom is -0.382 e. The molecule has 0 radical (unpaired) electrons. The van der Waals surface area contributed by atoms with E-state index in [9.17, 15) is 17.6 Å². The van der Waals surface area contributed by atoms with Crippen LogP contribution < -0.4 is 0 Å². The summed E-state index contributed by atoms with van der Waals surface area (Å²) in [4.78, 5) is 0. The van der Waals surface area contributed by atoms with Crippen LogP contribution in [0.25, 0.3) is 0 Å². The van der Waals surface area contributed by atoms with Crippen LogP contribution in [0.15, 0.2) is 0 Å². The highest BCUT2D eigenvalue weighted by atomic mass is 19.3. The Kier molecular flexibility index (Phi) is 11.7. The molecular formula is C6H12F4O. The molecule has 0 saturated heterocycles. The van der Waals surface area contributed by atoms with Gasteiger partial charge in [-0.05, 0) is 13.8 Å². The second-order valence-corrected chi connectivity index (χ2v) is 1.45. The van der Waals surface area contributed by atoms with Crippen LogP contribution in [0.1, 0.15) is 13.8 Å². The zero-order chi connectivity index (χ0) is 9.28. The maximum atomic E-state index is 10.4. The molecule has 0 rings (SSSR count). The zero-order valence-corrected chi connectivity index (χ0v) is 6.49. The predicted molar refractivity (Wildman–Crippen MR) is 34.2 cm³/mol. The van der Waals surface area contributed by atoms with Crippen molar-refractivity contribution in [3.63, 3.8) is 0 Å². The van der Waals surface area contributed by atoms with E-state index in [0.29, 0.717) is 0 Å². The molecule has 5 heteroatoms. The highest BCUT2D eigenvalue weighted by molar-refractivity contribution is 4.35. The lowest BCUT2D eigenvalue weighted by atomic mass is 10.8. The topological polar surface area (TPSA) is 9.23 Å². The Balaban J connectivity index is 0. The van der Waals surface area contributed by atoms with E-state index in [1.807, 2.05) is 13.8 Å². The van der Waals surface area contributed by atoms with Gasteiger partial charge < -0.3 is 4.74 Å². The van der Waals surface area contributed by atoms with Gasteiger partial charge in [-0.3, -0.25) is 0 Å². The van der Waals surface area contributed by atoms with Crippen molar-refractivity contribution in [1.29, 1.82) is 0 Å². The fraction of sp³-hybridized carbons (Fsp3) is 1.00. The number of hydrogen-bond donors (Lipinski definition) is 0. The molecule has 0 aliphatic rings. The van der Waals surface area contributed by atoms with Crippen molar-refractivity contribution in [1.82, 2.24) is 0 Å². The molecule has 0 aromatic heterocycles. The number of ether oxygens (including phenoxy) is 1. The molecule has 0 heterocycles. The summed E-state index contributed by atoms with van der Waals surface area (Å²) in [5, 5.41) is 0. The highest BCUT2D eigenvalue weighted by Crippen LogP contribution is 2.04. The molecule has 0 amide bonds. The largest absolute Gasteiger partial charge is 0.382 e. The summed E-state index contributed by atoms with van der Waals surface area (Å²) < 4.78 is 46.5. The molecule has 0 bridgehead atoms. The van der Waals surface area contributed by atoms with Gasteiger partial charge in [0.2, 0.25) is 0 Å². The fourth-order valence-electron chi connectivity index (χ4n) is 0.204. The summed E-state index contributed by atoms with van der Waals surface area (Å²) in [6.45, 7) is 5.67. The SMILES string of the molecule is CCOCC.FC(F)C(F)F. The van der Waals surface area contributed by atoms with Crippen LogP contribution in [-0.4, -0.2) is 26.1 Å². The van der Waals surface area contributed by atoms with Crippen LogP contribution in [0.3, 0.4) is 0 Å². The summed E-state index contributed by atoms with van der Waals surface area (Å²) in [6, 6.07) is 0. The van der Waals surface area contributed by atoms with Crippen molar-refractivity contribution in [3.05, 3.63) is 0 Å². The Labute approximate surface area is 63.3 Å². The van der Waals surface area contributed by atoms with Crippen molar-refractivity contribution in [2.45, 2.75) is 26.7 Å². The molecule has 11 heavy (non-hydrogen) atoms. The van der Waals surface area contributed by atoms with E-state index in [1.54, 1.807) is 0 Å². The van der Waals surface area contributed by atoms with Crippen molar-refractivity contribution in [2.24, 2.45) is 0 Å². The summed E-state index contributed by atoms with van der Waals surface area (Å²) >= 11 is 0. The normalized spacial score (nSPS) is 9.82. The van der Waals surface area contributed by atoms with Gasteiger partial charge in [0.15, 0.2) is 0 Å². The van der Waals surface area contributed by atoms with E-state index in [0.717, 1.165) is 13.2 Å². The first kappa shape index (κ1) is 13.3. The molecule has 1 nitrogen and oxygen atoms in total. The van der Waals surface area contributed by atoms with Crippen LogP contribution in [0, 0.1) is 0 Å². The van der Waals surface area contributed by atoms with Crippen molar-refractivity contribution in [3.8, 4) is 0 Å². The van der Waals surface area contributed by atoms with Gasteiger partial charge >= 0.3 is 0 Å². The van der Waals surface area contributed by atoms with E-state index >= 15 is 0 Å². The molecule has 0 saturated carbocycles. The molecule has 70 valence electrons. The standard InChI is InChI=1S/C4H10O.C2H2F4/c1-3-5-4-2;3-1(4)2(5)6/h3-4H2,1-2H3;1-2H. The lowest BCUT2D eigenvalue weighted by molar-refractivity contribution is -0.0278. The maximum absolute atomic E-state index is 10.4. The van der Waals surface area contributed by atoms with Gasteiger partial charge in [-0.25, -0.2) is 17.6 Å². The zero-order valence-electron chi connectivity index (χ0n) is 6.49. The third-order valence-electron chi connectivity index (χ3n) is 0.599. The Morgan fingerprint density at radius 3 is 1.18 bits per heavy atom. The number of hydrogen-bond acceptors (Lipinski definition) is 1. The van der Waals surface area contributed by atoms with Crippen LogP contribution in [0.5, 0.6) is 0 Å². The van der Waals surface area contributed by atoms with Crippen LogP contribution >= 0.6 is 0 Å². The third-order valence-corrected chi connectivity index (χ3v) is 0.599. The van der Waals surface area contributed by atoms with Gasteiger partial charge in [0.05, 0.1) is 0 Å². The second-order valence-electron chi connectivity index (χ2n) is 1.45. The Hall–Kier alpha value is -0.320. The van der Waals surface area contributed by atoms with Crippen LogP contribution in [-0.2, 0) is 4.74 Å². The van der Waals surface area contributed by atoms with E-state index in [2.05, 4.69) is 0 Å². The monoisotopic (exact) mass is 176 g/mol. The van der Waals surface area contributed by atoms with E-state index < -0.39 is 12.9 Å². The molecule has 0 spiro atoms. The smallest absolute Gasteiger partial charge is 0.298 e. The van der Waals surface area contributed by atoms with E-state index in [1.165, 1.54) is 0 Å². The van der Waals surface area contributed by atoms with Gasteiger partial charge in [0, 0.05) is 13.2 Å². The summed E-state index contributed by atoms with van der Waals surface area (Å²) in [6.07, 6.45) is -6.96. The average Bonchev–Trinajstić information content (AvgIpc) is 1.90. The first-order valence-corrected chi connectivity index (χ1v) is 3.20. The van der Waals surface area contributed by atoms with Crippen molar-refractivity contribution >= 4 is 0 Å². The van der Waals surface area contributed by atoms with Crippen LogP contribution in [0.4, 0.5) is 17.6 Å². The molecule has 0 aliphatic heterocycles. The lowest BCUT2D eigenvalue weighted by Gasteiger charge is -1.89. The van der Waals surface area contributed by atoms with E-state index in [4.69, 9.17) is 4.74 Å². The summed E-state index contributed by atoms with van der Waals surface area (Å²) in [5.41, 5.74) is 0. The first-order chi connectivity index (χ1) is 5.06. The number of rotatable bonds is 3. The van der Waals surface area contributed by atoms with Gasteiger partial charge in [-0.1, -0.05) is 0 Å². The van der Waals surface area contributed by atoms with Crippen molar-refractivity contribution in [2.75, 3.05) is 13.2 Å². The number of halogens is 4. The molecule has 0 atom stereocenters. The first-order valence-electron chi connectivity index (χ1n) is 3.20. The highest BCUT2D eigenvalue weighted by Gasteiger charge is 2.15. The predicted octanol–water partition coefficient (Wildman–Crippen LogP) is 2.56. The molecule has 0 unspecified atom stereocenters. The van der Waals surface area contributed by atoms with E-state index in [-0.39, 0.29) is 0 Å².